The normalized spacial score (nSPS) is 22.3. The molecule has 2 heterocycles. The number of aliphatic imine (C=N–C) groups is 1. The molecule has 2 aliphatic rings. The van der Waals surface area contributed by atoms with Crippen LogP contribution >= 0.6 is 15.9 Å². The van der Waals surface area contributed by atoms with Gasteiger partial charge < -0.3 is 0 Å². The standard InChI is InChI=1S/C6H6BrN3/c7-5-3-8-6-1-2-9-10(6)4-5/h2,4H,1,3H2. The first-order valence-corrected chi connectivity index (χ1v) is 3.87. The van der Waals surface area contributed by atoms with E-state index in [0.717, 1.165) is 23.3 Å². The van der Waals surface area contributed by atoms with Crippen LogP contribution in [0.15, 0.2) is 20.8 Å². The fraction of sp³-hybridized carbons (Fsp3) is 0.333. The van der Waals surface area contributed by atoms with Crippen LogP contribution in [0.3, 0.4) is 0 Å². The number of hydrogen-bond donors (Lipinski definition) is 0. The van der Waals surface area contributed by atoms with E-state index in [2.05, 4.69) is 26.0 Å². The third-order valence-corrected chi connectivity index (χ3v) is 1.87. The average Bonchev–Trinajstić information content (AvgIpc) is 2.33. The van der Waals surface area contributed by atoms with E-state index in [1.54, 1.807) is 5.01 Å². The second-order valence-corrected chi connectivity index (χ2v) is 3.17. The van der Waals surface area contributed by atoms with Crippen molar-refractivity contribution in [3.05, 3.63) is 10.7 Å². The average molecular weight is 200 g/mol. The Labute approximate surface area is 67.3 Å². The molecule has 4 heteroatoms. The predicted molar refractivity (Wildman–Crippen MR) is 44.3 cm³/mol. The summed E-state index contributed by atoms with van der Waals surface area (Å²) in [5, 5.41) is 5.88. The molecule has 52 valence electrons. The fourth-order valence-electron chi connectivity index (χ4n) is 0.956. The zero-order chi connectivity index (χ0) is 6.97. The third-order valence-electron chi connectivity index (χ3n) is 1.42. The van der Waals surface area contributed by atoms with Gasteiger partial charge in [-0.1, -0.05) is 15.9 Å². The summed E-state index contributed by atoms with van der Waals surface area (Å²) in [6.07, 6.45) is 4.68. The van der Waals surface area contributed by atoms with Gasteiger partial charge in [0.15, 0.2) is 0 Å². The highest BCUT2D eigenvalue weighted by Crippen LogP contribution is 2.17. The Bertz CT molecular complexity index is 241. The van der Waals surface area contributed by atoms with Crippen molar-refractivity contribution in [1.29, 1.82) is 0 Å². The van der Waals surface area contributed by atoms with Crippen LogP contribution in [0.25, 0.3) is 0 Å². The number of amidine groups is 1. The number of rotatable bonds is 0. The molecule has 0 aromatic heterocycles. The maximum absolute atomic E-state index is 4.27. The molecule has 0 radical (unpaired) electrons. The number of hydrazone groups is 1. The molecule has 0 saturated carbocycles. The van der Waals surface area contributed by atoms with E-state index < -0.39 is 0 Å². The van der Waals surface area contributed by atoms with Gasteiger partial charge in [0.2, 0.25) is 0 Å². The lowest BCUT2D eigenvalue weighted by Gasteiger charge is -2.14. The number of halogens is 1. The van der Waals surface area contributed by atoms with Gasteiger partial charge in [-0.15, -0.1) is 0 Å². The molecule has 0 bridgehead atoms. The van der Waals surface area contributed by atoms with E-state index in [1.807, 2.05) is 12.4 Å². The van der Waals surface area contributed by atoms with Gasteiger partial charge in [-0.3, -0.25) is 4.99 Å². The summed E-state index contributed by atoms with van der Waals surface area (Å²) in [5.41, 5.74) is 0. The summed E-state index contributed by atoms with van der Waals surface area (Å²) in [5.74, 6) is 1.04. The summed E-state index contributed by atoms with van der Waals surface area (Å²) < 4.78 is 1.08. The first-order valence-electron chi connectivity index (χ1n) is 3.07. The van der Waals surface area contributed by atoms with Crippen molar-refractivity contribution < 1.29 is 0 Å². The Balaban J connectivity index is 2.28. The molecule has 0 atom stereocenters. The fourth-order valence-corrected chi connectivity index (χ4v) is 1.28. The summed E-state index contributed by atoms with van der Waals surface area (Å²) in [6.45, 7) is 0.759. The maximum atomic E-state index is 4.27. The van der Waals surface area contributed by atoms with Gasteiger partial charge in [-0.2, -0.15) is 5.10 Å². The van der Waals surface area contributed by atoms with Crippen LogP contribution in [-0.2, 0) is 0 Å². The van der Waals surface area contributed by atoms with Crippen molar-refractivity contribution in [3.63, 3.8) is 0 Å². The molecule has 0 N–H and O–H groups in total. The van der Waals surface area contributed by atoms with Crippen LogP contribution < -0.4 is 0 Å². The lowest BCUT2D eigenvalue weighted by Crippen LogP contribution is -2.19. The zero-order valence-corrected chi connectivity index (χ0v) is 6.87. The monoisotopic (exact) mass is 199 g/mol. The van der Waals surface area contributed by atoms with Gasteiger partial charge in [0, 0.05) is 23.3 Å². The lowest BCUT2D eigenvalue weighted by atomic mass is 10.4. The molecule has 0 aromatic carbocycles. The molecule has 10 heavy (non-hydrogen) atoms. The summed E-state index contributed by atoms with van der Waals surface area (Å²) in [6, 6.07) is 0. The van der Waals surface area contributed by atoms with Crippen LogP contribution in [-0.4, -0.2) is 23.6 Å². The van der Waals surface area contributed by atoms with E-state index in [9.17, 15) is 0 Å². The Hall–Kier alpha value is -0.640. The molecule has 0 fully saturated rings. The Morgan fingerprint density at radius 2 is 2.50 bits per heavy atom. The second-order valence-electron chi connectivity index (χ2n) is 2.16. The molecule has 2 aliphatic heterocycles. The summed E-state index contributed by atoms with van der Waals surface area (Å²) >= 11 is 3.36. The van der Waals surface area contributed by atoms with Crippen molar-refractivity contribution >= 4 is 28.0 Å². The van der Waals surface area contributed by atoms with Crippen molar-refractivity contribution in [2.45, 2.75) is 6.42 Å². The van der Waals surface area contributed by atoms with Crippen molar-refractivity contribution in [2.24, 2.45) is 10.1 Å². The van der Waals surface area contributed by atoms with Gasteiger partial charge >= 0.3 is 0 Å². The topological polar surface area (TPSA) is 28.0 Å². The smallest absolute Gasteiger partial charge is 0.130 e. The largest absolute Gasteiger partial charge is 0.265 e. The number of nitrogens with zero attached hydrogens (tertiary/aromatic N) is 3. The van der Waals surface area contributed by atoms with E-state index in [4.69, 9.17) is 0 Å². The highest BCUT2D eigenvalue weighted by molar-refractivity contribution is 9.11. The van der Waals surface area contributed by atoms with Crippen LogP contribution in [0.2, 0.25) is 0 Å². The molecule has 3 nitrogen and oxygen atoms in total. The van der Waals surface area contributed by atoms with Crippen molar-refractivity contribution in [2.75, 3.05) is 6.54 Å². The van der Waals surface area contributed by atoms with E-state index in [1.165, 1.54) is 0 Å². The molecule has 0 spiro atoms. The molecule has 0 unspecified atom stereocenters. The molecule has 0 aromatic rings. The first kappa shape index (κ1) is 6.09. The minimum atomic E-state index is 0.759. The SMILES string of the molecule is BrC1=CN2N=CCC2=NC1. The highest BCUT2D eigenvalue weighted by Gasteiger charge is 2.15. The first-order chi connectivity index (χ1) is 4.86. The maximum Gasteiger partial charge on any atom is 0.130 e. The van der Waals surface area contributed by atoms with Gasteiger partial charge in [-0.25, -0.2) is 5.01 Å². The van der Waals surface area contributed by atoms with Gasteiger partial charge in [0.05, 0.1) is 6.54 Å². The molecule has 0 amide bonds. The molecule has 2 rings (SSSR count). The van der Waals surface area contributed by atoms with Crippen LogP contribution in [0.5, 0.6) is 0 Å². The van der Waals surface area contributed by atoms with E-state index >= 15 is 0 Å². The van der Waals surface area contributed by atoms with Crippen molar-refractivity contribution in [3.8, 4) is 0 Å². The van der Waals surface area contributed by atoms with E-state index in [0.29, 0.717) is 0 Å². The Morgan fingerprint density at radius 1 is 1.60 bits per heavy atom. The zero-order valence-electron chi connectivity index (χ0n) is 5.29. The molecule has 0 aliphatic carbocycles. The minimum absolute atomic E-state index is 0.759. The van der Waals surface area contributed by atoms with Crippen LogP contribution in [0.4, 0.5) is 0 Å². The van der Waals surface area contributed by atoms with Gasteiger partial charge in [-0.05, 0) is 0 Å². The second kappa shape index (κ2) is 2.20. The van der Waals surface area contributed by atoms with Crippen LogP contribution in [0, 0.1) is 0 Å². The van der Waals surface area contributed by atoms with Crippen molar-refractivity contribution in [1.82, 2.24) is 5.01 Å². The molecular formula is C6H6BrN3. The highest BCUT2D eigenvalue weighted by atomic mass is 79.9. The predicted octanol–water partition coefficient (Wildman–Crippen LogP) is 1.33. The van der Waals surface area contributed by atoms with Gasteiger partial charge in [0.25, 0.3) is 0 Å². The van der Waals surface area contributed by atoms with E-state index in [-0.39, 0.29) is 0 Å². The third kappa shape index (κ3) is 0.883. The molecule has 0 saturated heterocycles. The van der Waals surface area contributed by atoms with Gasteiger partial charge in [0.1, 0.15) is 5.84 Å². The Morgan fingerprint density at radius 3 is 3.40 bits per heavy atom. The summed E-state index contributed by atoms with van der Waals surface area (Å²) in [4.78, 5) is 4.27. The van der Waals surface area contributed by atoms with Crippen LogP contribution in [0.1, 0.15) is 6.42 Å². The quantitative estimate of drug-likeness (QED) is 0.579. The minimum Gasteiger partial charge on any atom is -0.265 e. The number of fused-ring (bicyclic) bond motifs is 1. The number of hydrogen-bond acceptors (Lipinski definition) is 3. The summed E-state index contributed by atoms with van der Waals surface area (Å²) in [7, 11) is 0. The molecular weight excluding hydrogens is 194 g/mol. The Kier molecular flexibility index (Phi) is 1.34. The lowest BCUT2D eigenvalue weighted by molar-refractivity contribution is 0.601.